The Morgan fingerprint density at radius 2 is 2.00 bits per heavy atom. The lowest BCUT2D eigenvalue weighted by Crippen LogP contribution is -2.04. The van der Waals surface area contributed by atoms with E-state index in [4.69, 9.17) is 9.26 Å². The van der Waals surface area contributed by atoms with Gasteiger partial charge in [0.05, 0.1) is 31.2 Å². The lowest BCUT2D eigenvalue weighted by atomic mass is 10.1. The second-order valence-electron chi connectivity index (χ2n) is 5.62. The van der Waals surface area contributed by atoms with E-state index in [0.717, 1.165) is 28.5 Å². The summed E-state index contributed by atoms with van der Waals surface area (Å²) in [5.74, 6) is 2.30. The molecule has 0 amide bonds. The maximum atomic E-state index is 5.29. The van der Waals surface area contributed by atoms with Gasteiger partial charge < -0.3 is 14.6 Å². The molecule has 2 heterocycles. The molecule has 2 aromatic heterocycles. The molecule has 0 saturated heterocycles. The Kier molecular flexibility index (Phi) is 4.69. The summed E-state index contributed by atoms with van der Waals surface area (Å²) >= 11 is 0. The minimum atomic E-state index is 0.332. The molecule has 3 rings (SSSR count). The highest BCUT2D eigenvalue weighted by Crippen LogP contribution is 2.20. The third-order valence-corrected chi connectivity index (χ3v) is 3.53. The van der Waals surface area contributed by atoms with Crippen LogP contribution in [-0.2, 0) is 6.54 Å². The molecule has 1 N–H and O–H groups in total. The highest BCUT2D eigenvalue weighted by molar-refractivity contribution is 5.60. The standard InChI is InChI=1S/C17H19N5O2/c1-11(2)15-8-14(24-22-15)9-18-17-20-16(10-19-21-17)12-4-6-13(23-3)7-5-12/h4-8,10-11H,9H2,1-3H3,(H,18,20,21). The van der Waals surface area contributed by atoms with Crippen molar-refractivity contribution in [1.29, 1.82) is 0 Å². The van der Waals surface area contributed by atoms with Crippen LogP contribution in [0.4, 0.5) is 5.95 Å². The molecular weight excluding hydrogens is 306 g/mol. The molecule has 7 nitrogen and oxygen atoms in total. The van der Waals surface area contributed by atoms with Crippen LogP contribution < -0.4 is 10.1 Å². The highest BCUT2D eigenvalue weighted by Gasteiger charge is 2.09. The predicted molar refractivity (Wildman–Crippen MR) is 89.7 cm³/mol. The number of methoxy groups -OCH3 is 1. The van der Waals surface area contributed by atoms with Crippen molar-refractivity contribution in [2.75, 3.05) is 12.4 Å². The van der Waals surface area contributed by atoms with Gasteiger partial charge in [-0.2, -0.15) is 5.10 Å². The van der Waals surface area contributed by atoms with Crippen LogP contribution in [0.25, 0.3) is 11.3 Å². The van der Waals surface area contributed by atoms with E-state index in [1.54, 1.807) is 13.3 Å². The van der Waals surface area contributed by atoms with Crippen molar-refractivity contribution in [3.05, 3.63) is 48.0 Å². The summed E-state index contributed by atoms with van der Waals surface area (Å²) < 4.78 is 10.4. The van der Waals surface area contributed by atoms with E-state index >= 15 is 0 Å². The summed E-state index contributed by atoms with van der Waals surface area (Å²) in [4.78, 5) is 4.47. The quantitative estimate of drug-likeness (QED) is 0.744. The van der Waals surface area contributed by atoms with E-state index in [0.29, 0.717) is 18.4 Å². The fourth-order valence-corrected chi connectivity index (χ4v) is 2.13. The molecule has 0 aliphatic carbocycles. The van der Waals surface area contributed by atoms with Crippen LogP contribution in [0.2, 0.25) is 0 Å². The van der Waals surface area contributed by atoms with Gasteiger partial charge in [-0.05, 0) is 30.2 Å². The van der Waals surface area contributed by atoms with Crippen molar-refractivity contribution in [3.63, 3.8) is 0 Å². The third kappa shape index (κ3) is 3.68. The molecule has 0 bridgehead atoms. The van der Waals surface area contributed by atoms with E-state index in [1.165, 1.54) is 0 Å². The minimum Gasteiger partial charge on any atom is -0.497 e. The second kappa shape index (κ2) is 7.08. The number of nitrogens with zero attached hydrogens (tertiary/aromatic N) is 4. The van der Waals surface area contributed by atoms with Gasteiger partial charge in [-0.25, -0.2) is 4.98 Å². The van der Waals surface area contributed by atoms with Crippen LogP contribution in [0.3, 0.4) is 0 Å². The van der Waals surface area contributed by atoms with Crippen LogP contribution >= 0.6 is 0 Å². The van der Waals surface area contributed by atoms with Crippen molar-refractivity contribution in [3.8, 4) is 17.0 Å². The highest BCUT2D eigenvalue weighted by atomic mass is 16.5. The van der Waals surface area contributed by atoms with Gasteiger partial charge in [-0.1, -0.05) is 19.0 Å². The van der Waals surface area contributed by atoms with Gasteiger partial charge in [0, 0.05) is 11.6 Å². The Labute approximate surface area is 140 Å². The molecule has 0 aliphatic heterocycles. The number of hydrogen-bond acceptors (Lipinski definition) is 7. The molecule has 3 aromatic rings. The van der Waals surface area contributed by atoms with Gasteiger partial charge in [0.15, 0.2) is 5.76 Å². The molecule has 7 heteroatoms. The number of aromatic nitrogens is 4. The normalized spacial score (nSPS) is 10.8. The van der Waals surface area contributed by atoms with Crippen LogP contribution in [-0.4, -0.2) is 27.4 Å². The van der Waals surface area contributed by atoms with Crippen LogP contribution in [0.15, 0.2) is 41.1 Å². The predicted octanol–water partition coefficient (Wildman–Crippen LogP) is 3.27. The molecule has 0 atom stereocenters. The number of nitrogens with one attached hydrogen (secondary N) is 1. The molecule has 124 valence electrons. The molecule has 0 radical (unpaired) electrons. The van der Waals surface area contributed by atoms with E-state index < -0.39 is 0 Å². The molecule has 0 spiro atoms. The van der Waals surface area contributed by atoms with Gasteiger partial charge in [0.1, 0.15) is 5.75 Å². The summed E-state index contributed by atoms with van der Waals surface area (Å²) in [6, 6.07) is 9.55. The van der Waals surface area contributed by atoms with Crippen LogP contribution in [0, 0.1) is 0 Å². The van der Waals surface area contributed by atoms with Gasteiger partial charge in [0.2, 0.25) is 5.95 Å². The number of benzene rings is 1. The zero-order chi connectivity index (χ0) is 16.9. The van der Waals surface area contributed by atoms with Gasteiger partial charge in [0.25, 0.3) is 0 Å². The first-order chi connectivity index (χ1) is 11.7. The largest absolute Gasteiger partial charge is 0.497 e. The third-order valence-electron chi connectivity index (χ3n) is 3.53. The average Bonchev–Trinajstić information content (AvgIpc) is 3.10. The first kappa shape index (κ1) is 15.9. The second-order valence-corrected chi connectivity index (χ2v) is 5.62. The van der Waals surface area contributed by atoms with E-state index in [-0.39, 0.29) is 0 Å². The summed E-state index contributed by atoms with van der Waals surface area (Å²) in [5, 5.41) is 15.1. The van der Waals surface area contributed by atoms with Crippen molar-refractivity contribution in [1.82, 2.24) is 20.3 Å². The summed E-state index contributed by atoms with van der Waals surface area (Å²) in [6.45, 7) is 4.59. The molecule has 0 aliphatic rings. The Morgan fingerprint density at radius 1 is 1.21 bits per heavy atom. The lowest BCUT2D eigenvalue weighted by molar-refractivity contribution is 0.379. The average molecular weight is 325 g/mol. The molecular formula is C17H19N5O2. The number of anilines is 1. The lowest BCUT2D eigenvalue weighted by Gasteiger charge is -2.05. The molecule has 0 saturated carbocycles. The number of ether oxygens (including phenoxy) is 1. The van der Waals surface area contributed by atoms with E-state index in [9.17, 15) is 0 Å². The van der Waals surface area contributed by atoms with Crippen molar-refractivity contribution in [2.45, 2.75) is 26.3 Å². The Balaban J connectivity index is 1.70. The minimum absolute atomic E-state index is 0.332. The van der Waals surface area contributed by atoms with Crippen molar-refractivity contribution in [2.24, 2.45) is 0 Å². The van der Waals surface area contributed by atoms with E-state index in [1.807, 2.05) is 30.3 Å². The Hall–Kier alpha value is -2.96. The summed E-state index contributed by atoms with van der Waals surface area (Å²) in [7, 11) is 1.64. The Morgan fingerprint density at radius 3 is 2.67 bits per heavy atom. The maximum absolute atomic E-state index is 5.29. The van der Waals surface area contributed by atoms with Crippen molar-refractivity contribution < 1.29 is 9.26 Å². The zero-order valence-corrected chi connectivity index (χ0v) is 13.9. The van der Waals surface area contributed by atoms with Gasteiger partial charge in [-0.3, -0.25) is 0 Å². The first-order valence-corrected chi connectivity index (χ1v) is 7.69. The smallest absolute Gasteiger partial charge is 0.243 e. The molecule has 0 fully saturated rings. The fraction of sp³-hybridized carbons (Fsp3) is 0.294. The first-order valence-electron chi connectivity index (χ1n) is 7.69. The summed E-state index contributed by atoms with van der Waals surface area (Å²) in [6.07, 6.45) is 1.62. The summed E-state index contributed by atoms with van der Waals surface area (Å²) in [5.41, 5.74) is 2.60. The Bertz CT molecular complexity index is 799. The van der Waals surface area contributed by atoms with E-state index in [2.05, 4.69) is 39.5 Å². The van der Waals surface area contributed by atoms with Crippen molar-refractivity contribution >= 4 is 5.95 Å². The molecule has 0 unspecified atom stereocenters. The van der Waals surface area contributed by atoms with Gasteiger partial charge in [-0.15, -0.1) is 5.10 Å². The maximum Gasteiger partial charge on any atom is 0.243 e. The van der Waals surface area contributed by atoms with Crippen LogP contribution in [0.1, 0.15) is 31.2 Å². The monoisotopic (exact) mass is 325 g/mol. The van der Waals surface area contributed by atoms with Crippen LogP contribution in [0.5, 0.6) is 5.75 Å². The van der Waals surface area contributed by atoms with Gasteiger partial charge >= 0.3 is 0 Å². The topological polar surface area (TPSA) is 86.0 Å². The molecule has 1 aromatic carbocycles. The zero-order valence-electron chi connectivity index (χ0n) is 13.9. The number of hydrogen-bond donors (Lipinski definition) is 1. The SMILES string of the molecule is COc1ccc(-c2cnnc(NCc3cc(C(C)C)no3)n2)cc1. The molecule has 24 heavy (non-hydrogen) atoms. The number of rotatable bonds is 6. The fourth-order valence-electron chi connectivity index (χ4n) is 2.13.